The van der Waals surface area contributed by atoms with Gasteiger partial charge in [-0.25, -0.2) is 32.9 Å². The van der Waals surface area contributed by atoms with Gasteiger partial charge in [-0.15, -0.1) is 11.3 Å². The summed E-state index contributed by atoms with van der Waals surface area (Å²) < 4.78 is 44.2. The molecule has 5 aromatic rings. The Kier molecular flexibility index (Phi) is 11.2. The van der Waals surface area contributed by atoms with Gasteiger partial charge in [-0.05, 0) is 55.1 Å². The van der Waals surface area contributed by atoms with E-state index in [-0.39, 0.29) is 5.92 Å². The highest BCUT2D eigenvalue weighted by atomic mass is 32.2. The third-order valence-corrected chi connectivity index (χ3v) is 11.3. The van der Waals surface area contributed by atoms with Crippen LogP contribution in [0.2, 0.25) is 0 Å². The number of aromatic nitrogens is 4. The summed E-state index contributed by atoms with van der Waals surface area (Å²) in [4.78, 5) is 24.2. The Morgan fingerprint density at radius 3 is 2.47 bits per heavy atom. The van der Waals surface area contributed by atoms with Gasteiger partial charge in [0.25, 0.3) is 0 Å². The molecule has 0 bridgehead atoms. The van der Waals surface area contributed by atoms with Gasteiger partial charge in [-0.2, -0.15) is 11.8 Å². The molecule has 1 saturated heterocycles. The number of aryl methyl sites for hydroxylation is 1. The van der Waals surface area contributed by atoms with Crippen LogP contribution in [-0.2, 0) is 11.0 Å². The second-order valence-electron chi connectivity index (χ2n) is 12.0. The third kappa shape index (κ3) is 8.26. The van der Waals surface area contributed by atoms with Crippen LogP contribution in [0.25, 0.3) is 21.8 Å². The van der Waals surface area contributed by atoms with Crippen LogP contribution in [0.1, 0.15) is 30.3 Å². The zero-order valence-corrected chi connectivity index (χ0v) is 30.2. The number of pyridine rings is 1. The van der Waals surface area contributed by atoms with Gasteiger partial charge in [0.05, 0.1) is 33.2 Å². The number of nitrogens with zero attached hydrogens (tertiary/aromatic N) is 6. The molecule has 0 saturated carbocycles. The summed E-state index contributed by atoms with van der Waals surface area (Å²) in [5.74, 6) is 0.963. The van der Waals surface area contributed by atoms with E-state index in [4.69, 9.17) is 15.0 Å². The maximum absolute atomic E-state index is 14.3. The van der Waals surface area contributed by atoms with Crippen LogP contribution in [0.4, 0.5) is 31.9 Å². The summed E-state index contributed by atoms with van der Waals surface area (Å²) in [6.45, 7) is 11.3. The van der Waals surface area contributed by atoms with Gasteiger partial charge in [-0.3, -0.25) is 4.90 Å². The molecule has 1 atom stereocenters. The van der Waals surface area contributed by atoms with Crippen LogP contribution >= 0.6 is 23.1 Å². The van der Waals surface area contributed by atoms with Crippen LogP contribution in [0.15, 0.2) is 71.9 Å². The molecule has 49 heavy (non-hydrogen) atoms. The van der Waals surface area contributed by atoms with E-state index in [2.05, 4.69) is 57.9 Å². The van der Waals surface area contributed by atoms with Crippen molar-refractivity contribution in [2.24, 2.45) is 0 Å². The fourth-order valence-electron chi connectivity index (χ4n) is 5.43. The molecule has 6 rings (SSSR count). The Hall–Kier alpha value is -3.98. The van der Waals surface area contributed by atoms with E-state index in [1.807, 2.05) is 30.1 Å². The highest BCUT2D eigenvalue weighted by Gasteiger charge is 2.21. The van der Waals surface area contributed by atoms with E-state index in [9.17, 15) is 13.0 Å². The largest absolute Gasteiger partial charge is 0.354 e. The number of halogens is 2. The van der Waals surface area contributed by atoms with Gasteiger partial charge in [0.2, 0.25) is 5.95 Å². The molecule has 0 aliphatic carbocycles. The monoisotopic (exact) mass is 720 g/mol. The highest BCUT2D eigenvalue weighted by molar-refractivity contribution is 7.98. The average Bonchev–Trinajstić information content (AvgIpc) is 3.55. The lowest BCUT2D eigenvalue weighted by Crippen LogP contribution is -2.47. The number of benzene rings is 2. The number of rotatable bonds is 12. The van der Waals surface area contributed by atoms with E-state index in [1.54, 1.807) is 35.7 Å². The maximum Gasteiger partial charge on any atom is 0.227 e. The van der Waals surface area contributed by atoms with Crippen LogP contribution < -0.4 is 14.9 Å². The van der Waals surface area contributed by atoms with Crippen molar-refractivity contribution in [1.82, 2.24) is 24.8 Å². The molecule has 1 aliphatic heterocycles. The number of nitrogens with one attached hydrogen (secondary N) is 2. The highest BCUT2D eigenvalue weighted by Crippen LogP contribution is 2.39. The lowest BCUT2D eigenvalue weighted by molar-refractivity contribution is 0.273. The Balaban J connectivity index is 1.22. The van der Waals surface area contributed by atoms with Crippen LogP contribution in [-0.4, -0.2) is 73.8 Å². The Morgan fingerprint density at radius 1 is 1.00 bits per heavy atom. The molecule has 14 heteroatoms. The minimum atomic E-state index is -2.15. The summed E-state index contributed by atoms with van der Waals surface area (Å²) in [7, 11) is -2.15. The van der Waals surface area contributed by atoms with E-state index in [0.717, 1.165) is 83.1 Å². The minimum absolute atomic E-state index is 0.167. The van der Waals surface area contributed by atoms with Crippen LogP contribution in [0.5, 0.6) is 0 Å². The van der Waals surface area contributed by atoms with Crippen molar-refractivity contribution < 1.29 is 13.0 Å². The molecular formula is C35H38F2N8OS3. The van der Waals surface area contributed by atoms with Gasteiger partial charge in [0.1, 0.15) is 22.3 Å². The van der Waals surface area contributed by atoms with Gasteiger partial charge in [0, 0.05) is 61.8 Å². The van der Waals surface area contributed by atoms with Crippen molar-refractivity contribution in [2.75, 3.05) is 59.7 Å². The molecule has 1 fully saturated rings. The molecule has 9 nitrogen and oxygen atoms in total. The predicted molar refractivity (Wildman–Crippen MR) is 198 cm³/mol. The summed E-state index contributed by atoms with van der Waals surface area (Å²) in [5.41, 5.74) is 4.42. The van der Waals surface area contributed by atoms with E-state index >= 15 is 0 Å². The number of hydrogen-bond donors (Lipinski definition) is 2. The second-order valence-corrected chi connectivity index (χ2v) is 15.1. The first-order valence-corrected chi connectivity index (χ1v) is 19.3. The molecule has 2 aromatic carbocycles. The zero-order valence-electron chi connectivity index (χ0n) is 27.7. The van der Waals surface area contributed by atoms with Crippen molar-refractivity contribution in [3.05, 3.63) is 89.2 Å². The fourth-order valence-corrected chi connectivity index (χ4v) is 7.87. The molecule has 4 heterocycles. The van der Waals surface area contributed by atoms with E-state index in [1.165, 1.54) is 6.07 Å². The molecule has 0 radical (unpaired) electrons. The standard InChI is InChI=1S/C35H38F2N8OS3/c1-22(2)34-42-31(24-7-5-8-25(20-24)43-49(46)33-26(36)9-6-10-27(33)37)32(48-34)28-11-12-38-35(40-28)41-29-21-39-30(19-23(29)3)45-15-13-44(14-16-45)17-18-47-4/h5-12,19-22,43H,13-18H2,1-4H3,(H,38,40,41). The predicted octanol–water partition coefficient (Wildman–Crippen LogP) is 7.74. The molecule has 1 aliphatic rings. The Labute approximate surface area is 296 Å². The zero-order chi connectivity index (χ0) is 34.5. The molecule has 0 amide bonds. The molecule has 0 spiro atoms. The van der Waals surface area contributed by atoms with Gasteiger partial charge < -0.3 is 14.9 Å². The quantitative estimate of drug-likeness (QED) is 0.134. The number of thiazole rings is 1. The normalized spacial score (nSPS) is 14.3. The van der Waals surface area contributed by atoms with Crippen molar-refractivity contribution in [3.8, 4) is 21.8 Å². The van der Waals surface area contributed by atoms with Crippen molar-refractivity contribution in [3.63, 3.8) is 0 Å². The first-order chi connectivity index (χ1) is 23.7. The van der Waals surface area contributed by atoms with Gasteiger partial charge in [0.15, 0.2) is 11.0 Å². The topological polar surface area (TPSA) is 99.2 Å². The van der Waals surface area contributed by atoms with Gasteiger partial charge in [-0.1, -0.05) is 32.0 Å². The molecule has 256 valence electrons. The Morgan fingerprint density at radius 2 is 1.76 bits per heavy atom. The van der Waals surface area contributed by atoms with Crippen molar-refractivity contribution in [1.29, 1.82) is 0 Å². The lowest BCUT2D eigenvalue weighted by Gasteiger charge is -2.35. The fraction of sp³-hybridized carbons (Fsp3) is 0.314. The minimum Gasteiger partial charge on any atom is -0.354 e. The summed E-state index contributed by atoms with van der Waals surface area (Å²) in [6, 6.07) is 14.5. The second kappa shape index (κ2) is 15.7. The first-order valence-electron chi connectivity index (χ1n) is 16.0. The lowest BCUT2D eigenvalue weighted by atomic mass is 10.1. The SMILES string of the molecule is CSCCN1CCN(c2cc(C)c(Nc3nccc(-c4sc(C(C)C)nc4-c4cccc(NS(=O)c5c(F)cccc5F)c4)n3)cn2)CC1. The Bertz CT molecular complexity index is 1930. The number of thioether (sulfide) groups is 1. The number of anilines is 4. The van der Waals surface area contributed by atoms with Gasteiger partial charge >= 0.3 is 0 Å². The summed E-state index contributed by atoms with van der Waals surface area (Å²) >= 11 is 3.43. The third-order valence-electron chi connectivity index (χ3n) is 8.13. The van der Waals surface area contributed by atoms with Crippen molar-refractivity contribution in [2.45, 2.75) is 31.6 Å². The molecule has 1 unspecified atom stereocenters. The number of hydrogen-bond acceptors (Lipinski definition) is 10. The molecule has 3 aromatic heterocycles. The summed E-state index contributed by atoms with van der Waals surface area (Å²) in [6.07, 6.45) is 5.69. The van der Waals surface area contributed by atoms with E-state index < -0.39 is 27.5 Å². The van der Waals surface area contributed by atoms with Crippen LogP contribution in [0.3, 0.4) is 0 Å². The maximum atomic E-state index is 14.3. The van der Waals surface area contributed by atoms with Crippen LogP contribution in [0, 0.1) is 18.6 Å². The average molecular weight is 721 g/mol. The smallest absolute Gasteiger partial charge is 0.227 e. The molecular weight excluding hydrogens is 683 g/mol. The summed E-state index contributed by atoms with van der Waals surface area (Å²) in [5, 5.41) is 4.28. The van der Waals surface area contributed by atoms with E-state index in [0.29, 0.717) is 23.0 Å². The van der Waals surface area contributed by atoms with Crippen molar-refractivity contribution >= 4 is 57.2 Å². The molecule has 2 N–H and O–H groups in total. The number of piperazine rings is 1. The first kappa shape index (κ1) is 34.9.